The third kappa shape index (κ3) is 2.78. The van der Waals surface area contributed by atoms with Crippen molar-refractivity contribution in [3.63, 3.8) is 0 Å². The number of aryl methyl sites for hydroxylation is 1. The largest absolute Gasteiger partial charge is 0.339 e. The van der Waals surface area contributed by atoms with Gasteiger partial charge in [0.2, 0.25) is 16.9 Å². The molecule has 8 nitrogen and oxygen atoms in total. The first kappa shape index (κ1) is 16.1. The van der Waals surface area contributed by atoms with Crippen LogP contribution < -0.4 is 5.56 Å². The van der Waals surface area contributed by atoms with Gasteiger partial charge < -0.3 is 4.52 Å². The average Bonchev–Trinajstić information content (AvgIpc) is 3.25. The zero-order chi connectivity index (χ0) is 17.6. The monoisotopic (exact) mass is 359 g/mol. The van der Waals surface area contributed by atoms with E-state index in [-0.39, 0.29) is 22.6 Å². The predicted molar refractivity (Wildman–Crippen MR) is 91.7 cm³/mol. The Labute approximate surface area is 145 Å². The first-order valence-electron chi connectivity index (χ1n) is 8.11. The highest BCUT2D eigenvalue weighted by molar-refractivity contribution is 7.84. The van der Waals surface area contributed by atoms with Gasteiger partial charge in [0.15, 0.2) is 0 Å². The summed E-state index contributed by atoms with van der Waals surface area (Å²) in [6, 6.07) is 1.74. The summed E-state index contributed by atoms with van der Waals surface area (Å²) in [6.45, 7) is 1.68. The van der Waals surface area contributed by atoms with Gasteiger partial charge in [-0.25, -0.2) is 9.97 Å². The molecule has 0 amide bonds. The Balaban J connectivity index is 2.03. The molecule has 0 spiro atoms. The third-order valence-corrected chi connectivity index (χ3v) is 5.18. The number of hydrogen-bond donors (Lipinski definition) is 0. The molecule has 1 aliphatic carbocycles. The van der Waals surface area contributed by atoms with Crippen LogP contribution in [0.3, 0.4) is 0 Å². The van der Waals surface area contributed by atoms with E-state index in [4.69, 9.17) is 4.52 Å². The Hall–Kier alpha value is -2.42. The molecule has 0 radical (unpaired) electrons. The Morgan fingerprint density at radius 2 is 2.04 bits per heavy atom. The first-order chi connectivity index (χ1) is 12.0. The highest BCUT2D eigenvalue weighted by Crippen LogP contribution is 2.31. The van der Waals surface area contributed by atoms with Gasteiger partial charge in [-0.05, 0) is 18.9 Å². The average molecular weight is 359 g/mol. The summed E-state index contributed by atoms with van der Waals surface area (Å²) in [5, 5.41) is 4.79. The van der Waals surface area contributed by atoms with Crippen molar-refractivity contribution in [2.75, 3.05) is 6.26 Å². The van der Waals surface area contributed by atoms with Crippen molar-refractivity contribution in [1.82, 2.24) is 24.7 Å². The normalized spacial score (nSPS) is 16.6. The summed E-state index contributed by atoms with van der Waals surface area (Å²) in [4.78, 5) is 25.9. The summed E-state index contributed by atoms with van der Waals surface area (Å²) in [5.74, 6) is 0.661. The van der Waals surface area contributed by atoms with Crippen LogP contribution in [0, 0.1) is 6.92 Å². The number of rotatable bonds is 3. The maximum atomic E-state index is 13.2. The van der Waals surface area contributed by atoms with E-state index >= 15 is 0 Å². The maximum absolute atomic E-state index is 13.2. The molecule has 0 aromatic carbocycles. The second-order valence-corrected chi connectivity index (χ2v) is 7.47. The highest BCUT2D eigenvalue weighted by Gasteiger charge is 2.24. The number of nitrogens with zero attached hydrogens (tertiary/aromatic N) is 5. The van der Waals surface area contributed by atoms with Crippen LogP contribution >= 0.6 is 0 Å². The minimum Gasteiger partial charge on any atom is -0.339 e. The molecule has 3 aromatic rings. The van der Waals surface area contributed by atoms with Crippen LogP contribution in [0.15, 0.2) is 26.7 Å². The quantitative estimate of drug-likeness (QED) is 0.659. The van der Waals surface area contributed by atoms with E-state index in [2.05, 4.69) is 20.1 Å². The second kappa shape index (κ2) is 6.14. The van der Waals surface area contributed by atoms with Crippen molar-refractivity contribution in [3.05, 3.63) is 28.5 Å². The molecule has 25 heavy (non-hydrogen) atoms. The number of fused-ring (bicyclic) bond motifs is 1. The van der Waals surface area contributed by atoms with Crippen molar-refractivity contribution < 1.29 is 8.73 Å². The Bertz CT molecular complexity index is 1040. The summed E-state index contributed by atoms with van der Waals surface area (Å²) in [7, 11) is -1.32. The van der Waals surface area contributed by atoms with Crippen LogP contribution in [0.25, 0.3) is 22.4 Å². The zero-order valence-electron chi connectivity index (χ0n) is 13.9. The molecule has 1 saturated carbocycles. The lowest BCUT2D eigenvalue weighted by molar-refractivity contribution is 0.394. The van der Waals surface area contributed by atoms with Gasteiger partial charge in [0.1, 0.15) is 5.65 Å². The summed E-state index contributed by atoms with van der Waals surface area (Å²) >= 11 is 0. The number of pyridine rings is 1. The van der Waals surface area contributed by atoms with Crippen LogP contribution in [0.5, 0.6) is 0 Å². The van der Waals surface area contributed by atoms with E-state index in [1.165, 1.54) is 6.26 Å². The van der Waals surface area contributed by atoms with Gasteiger partial charge in [-0.3, -0.25) is 13.6 Å². The van der Waals surface area contributed by atoms with Gasteiger partial charge in [0.25, 0.3) is 5.56 Å². The Kier molecular flexibility index (Phi) is 3.95. The van der Waals surface area contributed by atoms with Crippen molar-refractivity contribution in [1.29, 1.82) is 0 Å². The van der Waals surface area contributed by atoms with Gasteiger partial charge in [-0.15, -0.1) is 0 Å². The van der Waals surface area contributed by atoms with E-state index in [9.17, 15) is 9.00 Å². The molecule has 9 heteroatoms. The van der Waals surface area contributed by atoms with E-state index in [1.807, 2.05) is 0 Å². The molecule has 130 valence electrons. The SMILES string of the molecule is Cc1nc(-c2cc3cnc(S(C)=O)nc3n(C3CCCC3)c2=O)no1. The van der Waals surface area contributed by atoms with Gasteiger partial charge >= 0.3 is 0 Å². The number of hydrogen-bond acceptors (Lipinski definition) is 7. The molecular weight excluding hydrogens is 342 g/mol. The molecule has 0 N–H and O–H groups in total. The van der Waals surface area contributed by atoms with Gasteiger partial charge in [-0.1, -0.05) is 18.0 Å². The fourth-order valence-electron chi connectivity index (χ4n) is 3.31. The molecule has 3 aromatic heterocycles. The fraction of sp³-hybridized carbons (Fsp3) is 0.438. The van der Waals surface area contributed by atoms with E-state index in [1.54, 1.807) is 23.8 Å². The lowest BCUT2D eigenvalue weighted by Gasteiger charge is -2.17. The molecule has 1 fully saturated rings. The van der Waals surface area contributed by atoms with Crippen molar-refractivity contribution >= 4 is 21.8 Å². The van der Waals surface area contributed by atoms with Crippen molar-refractivity contribution in [2.45, 2.75) is 43.8 Å². The van der Waals surface area contributed by atoms with E-state index in [0.29, 0.717) is 22.5 Å². The van der Waals surface area contributed by atoms with Gasteiger partial charge in [0.05, 0.1) is 16.4 Å². The van der Waals surface area contributed by atoms with Gasteiger partial charge in [0, 0.05) is 30.8 Å². The maximum Gasteiger partial charge on any atom is 0.263 e. The van der Waals surface area contributed by atoms with Crippen molar-refractivity contribution in [2.24, 2.45) is 0 Å². The molecule has 3 heterocycles. The van der Waals surface area contributed by atoms with E-state index in [0.717, 1.165) is 25.7 Å². The topological polar surface area (TPSA) is 104 Å². The molecule has 0 saturated heterocycles. The third-order valence-electron chi connectivity index (χ3n) is 4.47. The molecule has 1 aliphatic rings. The van der Waals surface area contributed by atoms with Crippen LogP contribution in [0.1, 0.15) is 37.6 Å². The van der Waals surface area contributed by atoms with Crippen LogP contribution in [-0.4, -0.2) is 35.1 Å². The fourth-order valence-corrected chi connectivity index (χ4v) is 3.73. The molecule has 0 bridgehead atoms. The minimum atomic E-state index is -1.32. The number of aromatic nitrogens is 5. The molecule has 1 atom stereocenters. The van der Waals surface area contributed by atoms with Crippen molar-refractivity contribution in [3.8, 4) is 11.4 Å². The standard InChI is InChI=1S/C16H17N5O3S/c1-9-18-13(20-24-9)12-7-10-8-17-16(25(2)23)19-14(10)21(15(12)22)11-5-3-4-6-11/h7-8,11H,3-6H2,1-2H3. The smallest absolute Gasteiger partial charge is 0.263 e. The predicted octanol–water partition coefficient (Wildman–Crippen LogP) is 2.00. The zero-order valence-corrected chi connectivity index (χ0v) is 14.7. The van der Waals surface area contributed by atoms with Gasteiger partial charge in [-0.2, -0.15) is 4.98 Å². The lowest BCUT2D eigenvalue weighted by Crippen LogP contribution is -2.26. The minimum absolute atomic E-state index is 0.0657. The molecular formula is C16H17N5O3S. The molecule has 0 aliphatic heterocycles. The Morgan fingerprint density at radius 3 is 2.68 bits per heavy atom. The summed E-state index contributed by atoms with van der Waals surface area (Å²) < 4.78 is 18.5. The van der Waals surface area contributed by atoms with Crippen LogP contribution in [0.4, 0.5) is 0 Å². The summed E-state index contributed by atoms with van der Waals surface area (Å²) in [6.07, 6.45) is 7.09. The summed E-state index contributed by atoms with van der Waals surface area (Å²) in [5.41, 5.74) is 0.679. The Morgan fingerprint density at radius 1 is 1.28 bits per heavy atom. The molecule has 4 rings (SSSR count). The second-order valence-electron chi connectivity index (χ2n) is 6.19. The lowest BCUT2D eigenvalue weighted by atomic mass is 10.1. The molecule has 1 unspecified atom stereocenters. The van der Waals surface area contributed by atoms with Crippen LogP contribution in [-0.2, 0) is 10.8 Å². The van der Waals surface area contributed by atoms with E-state index < -0.39 is 10.8 Å². The first-order valence-corrected chi connectivity index (χ1v) is 9.67. The highest BCUT2D eigenvalue weighted by atomic mass is 32.2. The van der Waals surface area contributed by atoms with Crippen LogP contribution in [0.2, 0.25) is 0 Å².